The van der Waals surface area contributed by atoms with Crippen molar-refractivity contribution in [1.82, 2.24) is 0 Å². The fourth-order valence-corrected chi connectivity index (χ4v) is 3.88. The smallest absolute Gasteiger partial charge is 0.215 e. The Labute approximate surface area is 205 Å². The third-order valence-electron chi connectivity index (χ3n) is 5.83. The lowest BCUT2D eigenvalue weighted by Gasteiger charge is -2.43. The Morgan fingerprint density at radius 2 is 1.31 bits per heavy atom. The Morgan fingerprint density at radius 3 is 1.81 bits per heavy atom. The van der Waals surface area contributed by atoms with E-state index in [2.05, 4.69) is 0 Å². The number of aldehydes is 2. The van der Waals surface area contributed by atoms with Crippen LogP contribution in [0.2, 0.25) is 0 Å². The average molecular weight is 530 g/mol. The lowest BCUT2D eigenvalue weighted by molar-refractivity contribution is -0.331. The number of ether oxygens (including phenoxy) is 7. The molecule has 0 spiro atoms. The molecule has 0 bridgehead atoms. The van der Waals surface area contributed by atoms with Crippen LogP contribution >= 0.6 is 0 Å². The van der Waals surface area contributed by atoms with Gasteiger partial charge in [0, 0.05) is 14.2 Å². The van der Waals surface area contributed by atoms with Gasteiger partial charge in [0.25, 0.3) is 0 Å². The van der Waals surface area contributed by atoms with Crippen LogP contribution in [-0.4, -0.2) is 162 Å². The zero-order valence-electron chi connectivity index (χ0n) is 19.6. The van der Waals surface area contributed by atoms with Crippen molar-refractivity contribution >= 4 is 12.6 Å². The highest BCUT2D eigenvalue weighted by atomic mass is 16.7. The van der Waals surface area contributed by atoms with E-state index in [-0.39, 0.29) is 12.6 Å². The normalized spacial score (nSPS) is 39.8. The number of hydrogen-bond donors (Lipinski definition) is 7. The minimum absolute atomic E-state index is 0.112. The Hall–Kier alpha value is -1.22. The maximum absolute atomic E-state index is 11.7. The largest absolute Gasteiger partial charge is 0.394 e. The Balaban J connectivity index is 2.10. The van der Waals surface area contributed by atoms with Gasteiger partial charge in [-0.05, 0) is 0 Å². The van der Waals surface area contributed by atoms with Crippen LogP contribution in [0.1, 0.15) is 0 Å². The molecule has 2 heterocycles. The van der Waals surface area contributed by atoms with Crippen LogP contribution in [0.15, 0.2) is 0 Å². The van der Waals surface area contributed by atoms with Gasteiger partial charge in [-0.2, -0.15) is 0 Å². The molecule has 36 heavy (non-hydrogen) atoms. The maximum atomic E-state index is 11.7. The molecule has 0 aromatic rings. The molecule has 0 aromatic carbocycles. The molecule has 2 aliphatic rings. The molecular formula is C20H34O16. The van der Waals surface area contributed by atoms with E-state index in [0.717, 1.165) is 0 Å². The van der Waals surface area contributed by atoms with Crippen LogP contribution in [0.4, 0.5) is 0 Å². The summed E-state index contributed by atoms with van der Waals surface area (Å²) in [6.45, 7) is -2.23. The zero-order valence-corrected chi connectivity index (χ0v) is 19.6. The van der Waals surface area contributed by atoms with Crippen molar-refractivity contribution in [3.8, 4) is 0 Å². The van der Waals surface area contributed by atoms with Crippen molar-refractivity contribution in [2.75, 3.05) is 34.0 Å². The number of aliphatic hydroxyl groups is 7. The van der Waals surface area contributed by atoms with E-state index in [1.54, 1.807) is 0 Å². The molecule has 2 fully saturated rings. The summed E-state index contributed by atoms with van der Waals surface area (Å²) in [6.07, 6.45) is -19.4. The lowest BCUT2D eigenvalue weighted by Crippen LogP contribution is -2.61. The van der Waals surface area contributed by atoms with Crippen molar-refractivity contribution < 1.29 is 78.5 Å². The first-order chi connectivity index (χ1) is 17.2. The number of carbonyl (C=O) groups is 2. The fraction of sp³-hybridized carbons (Fsp3) is 0.900. The second kappa shape index (κ2) is 14.6. The SMILES string of the molecule is CO[C@H]1OC(CO)[C@@H](OC(C=O)OC(CO)C(C=O)O[C@H]2OC(CO)[C@@H](OC)[C@@H](O)C2O)[C@@H](O)C1O. The van der Waals surface area contributed by atoms with Crippen LogP contribution in [0.5, 0.6) is 0 Å². The maximum Gasteiger partial charge on any atom is 0.215 e. The molecule has 16 nitrogen and oxygen atoms in total. The van der Waals surface area contributed by atoms with Gasteiger partial charge in [-0.25, -0.2) is 0 Å². The van der Waals surface area contributed by atoms with E-state index >= 15 is 0 Å². The molecule has 7 unspecified atom stereocenters. The van der Waals surface area contributed by atoms with Gasteiger partial charge in [-0.15, -0.1) is 0 Å². The molecule has 0 aliphatic carbocycles. The summed E-state index contributed by atoms with van der Waals surface area (Å²) in [5, 5.41) is 69.7. The highest BCUT2D eigenvalue weighted by molar-refractivity contribution is 5.58. The van der Waals surface area contributed by atoms with Crippen molar-refractivity contribution in [3.05, 3.63) is 0 Å². The lowest BCUT2D eigenvalue weighted by atomic mass is 9.99. The third-order valence-corrected chi connectivity index (χ3v) is 5.83. The first kappa shape index (κ1) is 31.0. The van der Waals surface area contributed by atoms with Crippen LogP contribution < -0.4 is 0 Å². The van der Waals surface area contributed by atoms with Gasteiger partial charge >= 0.3 is 0 Å². The molecular weight excluding hydrogens is 496 g/mol. The van der Waals surface area contributed by atoms with Gasteiger partial charge in [-0.3, -0.25) is 4.79 Å². The minimum Gasteiger partial charge on any atom is -0.394 e. The summed E-state index contributed by atoms with van der Waals surface area (Å²) >= 11 is 0. The highest BCUT2D eigenvalue weighted by Crippen LogP contribution is 2.27. The topological polar surface area (TPSA) is 240 Å². The van der Waals surface area contributed by atoms with E-state index in [0.29, 0.717) is 0 Å². The summed E-state index contributed by atoms with van der Waals surface area (Å²) < 4.78 is 36.5. The molecule has 210 valence electrons. The number of carbonyl (C=O) groups excluding carboxylic acids is 2. The summed E-state index contributed by atoms with van der Waals surface area (Å²) in [7, 11) is 2.42. The third kappa shape index (κ3) is 7.00. The number of rotatable bonds is 14. The van der Waals surface area contributed by atoms with E-state index in [1.807, 2.05) is 0 Å². The molecule has 2 aliphatic heterocycles. The zero-order chi connectivity index (χ0) is 27.0. The Morgan fingerprint density at radius 1 is 0.750 bits per heavy atom. The minimum atomic E-state index is -1.86. The number of hydrogen-bond acceptors (Lipinski definition) is 16. The fourth-order valence-electron chi connectivity index (χ4n) is 3.88. The van der Waals surface area contributed by atoms with E-state index < -0.39 is 99.7 Å². The van der Waals surface area contributed by atoms with Crippen molar-refractivity contribution in [2.24, 2.45) is 0 Å². The second-order valence-corrected chi connectivity index (χ2v) is 8.05. The van der Waals surface area contributed by atoms with Crippen molar-refractivity contribution in [1.29, 1.82) is 0 Å². The standard InChI is InChI=1S/C20H34O16/c1-30-17-10(5-23)35-20(16(29)13(17)26)33-9(4-22)8(3-21)32-12(7-25)36-18-11(6-24)34-19(31-2)15(28)14(18)27/h4,7-21,23-24,26-29H,3,5-6H2,1-2H3/t8?,9?,10?,11?,12?,13-,14-,15?,16?,17+,18+,19-,20-/m0/s1. The van der Waals surface area contributed by atoms with Crippen molar-refractivity contribution in [2.45, 2.75) is 79.9 Å². The van der Waals surface area contributed by atoms with Crippen LogP contribution in [-0.2, 0) is 42.7 Å². The molecule has 0 amide bonds. The summed E-state index contributed by atoms with van der Waals surface area (Å²) in [5.74, 6) is 0. The first-order valence-electron chi connectivity index (χ1n) is 11.0. The predicted octanol–water partition coefficient (Wildman–Crippen LogP) is -5.60. The molecule has 2 saturated heterocycles. The molecule has 0 aromatic heterocycles. The van der Waals surface area contributed by atoms with Crippen LogP contribution in [0, 0.1) is 0 Å². The molecule has 13 atom stereocenters. The van der Waals surface area contributed by atoms with Crippen LogP contribution in [0.25, 0.3) is 0 Å². The van der Waals surface area contributed by atoms with Gasteiger partial charge in [0.2, 0.25) is 6.29 Å². The van der Waals surface area contributed by atoms with Crippen molar-refractivity contribution in [3.63, 3.8) is 0 Å². The molecule has 7 N–H and O–H groups in total. The molecule has 16 heteroatoms. The highest BCUT2D eigenvalue weighted by Gasteiger charge is 2.48. The van der Waals surface area contributed by atoms with E-state index in [1.165, 1.54) is 14.2 Å². The second-order valence-electron chi connectivity index (χ2n) is 8.05. The Bertz CT molecular complexity index is 664. The summed E-state index contributed by atoms with van der Waals surface area (Å²) in [4.78, 5) is 23.3. The average Bonchev–Trinajstić information content (AvgIpc) is 2.89. The molecule has 2 rings (SSSR count). The number of methoxy groups -OCH3 is 2. The predicted molar refractivity (Wildman–Crippen MR) is 111 cm³/mol. The summed E-state index contributed by atoms with van der Waals surface area (Å²) in [5.41, 5.74) is 0. The quantitative estimate of drug-likeness (QED) is 0.0818. The Kier molecular flexibility index (Phi) is 12.6. The van der Waals surface area contributed by atoms with Gasteiger partial charge in [-0.1, -0.05) is 0 Å². The van der Waals surface area contributed by atoms with E-state index in [9.17, 15) is 45.3 Å². The van der Waals surface area contributed by atoms with Crippen LogP contribution in [0.3, 0.4) is 0 Å². The summed E-state index contributed by atoms with van der Waals surface area (Å²) in [6, 6.07) is 0. The van der Waals surface area contributed by atoms with Gasteiger partial charge in [0.15, 0.2) is 25.2 Å². The van der Waals surface area contributed by atoms with Gasteiger partial charge in [0.1, 0.15) is 61.0 Å². The molecule has 0 saturated carbocycles. The number of aliphatic hydroxyl groups excluding tert-OH is 7. The molecule has 0 radical (unpaired) electrons. The van der Waals surface area contributed by atoms with E-state index in [4.69, 9.17) is 33.2 Å². The van der Waals surface area contributed by atoms with Gasteiger partial charge in [0.05, 0.1) is 19.8 Å². The first-order valence-corrected chi connectivity index (χ1v) is 11.0. The van der Waals surface area contributed by atoms with Gasteiger partial charge < -0.3 is 73.7 Å². The monoisotopic (exact) mass is 530 g/mol.